The van der Waals surface area contributed by atoms with E-state index in [0.29, 0.717) is 12.5 Å². The van der Waals surface area contributed by atoms with E-state index in [9.17, 15) is 4.79 Å². The molecule has 1 saturated heterocycles. The number of hydrogen-bond donors (Lipinski definition) is 2. The minimum absolute atomic E-state index is 0. The number of carbonyl (C=O) groups is 1. The molecule has 0 radical (unpaired) electrons. The van der Waals surface area contributed by atoms with Crippen LogP contribution in [0.15, 0.2) is 18.2 Å². The molecule has 1 aromatic rings. The van der Waals surface area contributed by atoms with Crippen molar-refractivity contribution < 1.29 is 4.79 Å². The second-order valence-electron chi connectivity index (χ2n) is 6.03. The third-order valence-corrected chi connectivity index (χ3v) is 4.99. The maximum absolute atomic E-state index is 12.1. The first-order chi connectivity index (χ1) is 10.0. The summed E-state index contributed by atoms with van der Waals surface area (Å²) in [7, 11) is 0. The smallest absolute Gasteiger partial charge is 0.221 e. The van der Waals surface area contributed by atoms with E-state index in [0.717, 1.165) is 24.5 Å². The zero-order valence-electron chi connectivity index (χ0n) is 13.6. The first-order valence-corrected chi connectivity index (χ1v) is 8.86. The summed E-state index contributed by atoms with van der Waals surface area (Å²) in [5, 5.41) is 6.54. The summed E-state index contributed by atoms with van der Waals surface area (Å²) in [5.74, 6) is 2.35. The number of rotatable bonds is 5. The zero-order valence-corrected chi connectivity index (χ0v) is 15.3. The molecule has 1 amide bonds. The molecular weight excluding hydrogens is 316 g/mol. The third-order valence-electron chi connectivity index (χ3n) is 3.86. The number of nitrogens with one attached hydrogen (secondary N) is 2. The van der Waals surface area contributed by atoms with Crippen LogP contribution < -0.4 is 10.6 Å². The van der Waals surface area contributed by atoms with Gasteiger partial charge in [-0.3, -0.25) is 4.79 Å². The van der Waals surface area contributed by atoms with Gasteiger partial charge in [-0.05, 0) is 38.3 Å². The summed E-state index contributed by atoms with van der Waals surface area (Å²) >= 11 is 1.93. The Labute approximate surface area is 144 Å². The number of thioether (sulfide) groups is 1. The fraction of sp³-hybridized carbons (Fsp3) is 0.588. The third kappa shape index (κ3) is 6.19. The van der Waals surface area contributed by atoms with Gasteiger partial charge in [0, 0.05) is 36.6 Å². The van der Waals surface area contributed by atoms with E-state index in [1.807, 2.05) is 11.8 Å². The summed E-state index contributed by atoms with van der Waals surface area (Å²) < 4.78 is 0. The van der Waals surface area contributed by atoms with E-state index >= 15 is 0 Å². The number of hydrogen-bond acceptors (Lipinski definition) is 3. The average Bonchev–Trinajstić information content (AvgIpc) is 2.43. The van der Waals surface area contributed by atoms with Crippen molar-refractivity contribution in [1.29, 1.82) is 0 Å². The minimum Gasteiger partial charge on any atom is -0.353 e. The average molecular weight is 343 g/mol. The molecule has 5 heteroatoms. The van der Waals surface area contributed by atoms with Crippen LogP contribution in [0, 0.1) is 13.8 Å². The van der Waals surface area contributed by atoms with Gasteiger partial charge in [0.25, 0.3) is 0 Å². The molecule has 0 saturated carbocycles. The highest BCUT2D eigenvalue weighted by atomic mass is 35.5. The van der Waals surface area contributed by atoms with E-state index in [-0.39, 0.29) is 24.4 Å². The maximum Gasteiger partial charge on any atom is 0.221 e. The molecule has 0 aromatic heterocycles. The molecular formula is C17H27ClN2OS. The topological polar surface area (TPSA) is 41.1 Å². The Bertz CT molecular complexity index is 490. The molecule has 0 bridgehead atoms. The highest BCUT2D eigenvalue weighted by Gasteiger charge is 2.18. The van der Waals surface area contributed by atoms with Crippen LogP contribution in [0.25, 0.3) is 0 Å². The normalized spacial score (nSPS) is 19.1. The number of amides is 1. The van der Waals surface area contributed by atoms with Crippen LogP contribution in [0.1, 0.15) is 30.0 Å². The van der Waals surface area contributed by atoms with Crippen molar-refractivity contribution in [2.45, 2.75) is 45.7 Å². The van der Waals surface area contributed by atoms with Crippen LogP contribution in [0.3, 0.4) is 0 Å². The van der Waals surface area contributed by atoms with Crippen LogP contribution in [0.2, 0.25) is 0 Å². The molecule has 0 spiro atoms. The number of aryl methyl sites for hydroxylation is 2. The van der Waals surface area contributed by atoms with Crippen molar-refractivity contribution in [2.24, 2.45) is 0 Å². The first-order valence-electron chi connectivity index (χ1n) is 7.71. The van der Waals surface area contributed by atoms with Crippen molar-refractivity contribution in [1.82, 2.24) is 10.6 Å². The SMILES string of the molecule is Cc1ccc(CC(C)NC(=O)CC2CSCCN2)c(C)c1.Cl. The van der Waals surface area contributed by atoms with Crippen molar-refractivity contribution >= 4 is 30.1 Å². The molecule has 2 rings (SSSR count). The largest absolute Gasteiger partial charge is 0.353 e. The highest BCUT2D eigenvalue weighted by molar-refractivity contribution is 7.99. The quantitative estimate of drug-likeness (QED) is 0.864. The molecule has 1 aromatic carbocycles. The van der Waals surface area contributed by atoms with Crippen LogP contribution in [0.5, 0.6) is 0 Å². The van der Waals surface area contributed by atoms with E-state index in [1.54, 1.807) is 0 Å². The van der Waals surface area contributed by atoms with Gasteiger partial charge in [-0.15, -0.1) is 12.4 Å². The highest BCUT2D eigenvalue weighted by Crippen LogP contribution is 2.13. The molecule has 0 aliphatic carbocycles. The van der Waals surface area contributed by atoms with Gasteiger partial charge < -0.3 is 10.6 Å². The Hall–Kier alpha value is -0.710. The Morgan fingerprint density at radius 1 is 1.45 bits per heavy atom. The van der Waals surface area contributed by atoms with Gasteiger partial charge in [0.1, 0.15) is 0 Å². The van der Waals surface area contributed by atoms with Gasteiger partial charge in [0.15, 0.2) is 0 Å². The molecule has 3 nitrogen and oxygen atoms in total. The van der Waals surface area contributed by atoms with Crippen LogP contribution in [-0.4, -0.2) is 36.0 Å². The Balaban J connectivity index is 0.00000242. The molecule has 2 unspecified atom stereocenters. The fourth-order valence-corrected chi connectivity index (χ4v) is 3.71. The predicted octanol–water partition coefficient (Wildman–Crippen LogP) is 2.87. The lowest BCUT2D eigenvalue weighted by Crippen LogP contribution is -2.43. The zero-order chi connectivity index (χ0) is 15.2. The summed E-state index contributed by atoms with van der Waals surface area (Å²) in [5.41, 5.74) is 3.91. The van der Waals surface area contributed by atoms with E-state index in [2.05, 4.69) is 49.6 Å². The van der Waals surface area contributed by atoms with E-state index in [4.69, 9.17) is 0 Å². The Kier molecular flexibility index (Phi) is 8.29. The summed E-state index contributed by atoms with van der Waals surface area (Å²) in [6.07, 6.45) is 1.48. The van der Waals surface area contributed by atoms with Crippen LogP contribution in [-0.2, 0) is 11.2 Å². The van der Waals surface area contributed by atoms with Crippen molar-refractivity contribution in [3.8, 4) is 0 Å². The first kappa shape index (κ1) is 19.3. The standard InChI is InChI=1S/C17H26N2OS.ClH/c1-12-4-5-15(13(2)8-12)9-14(3)19-17(20)10-16-11-21-7-6-18-16;/h4-5,8,14,16,18H,6-7,9-11H2,1-3H3,(H,19,20);1H. The molecule has 2 atom stereocenters. The van der Waals surface area contributed by atoms with Gasteiger partial charge in [-0.1, -0.05) is 23.8 Å². The fourth-order valence-electron chi connectivity index (χ4n) is 2.76. The predicted molar refractivity (Wildman–Crippen MR) is 98.2 cm³/mol. The van der Waals surface area contributed by atoms with E-state index in [1.165, 1.54) is 16.7 Å². The van der Waals surface area contributed by atoms with Gasteiger partial charge in [-0.2, -0.15) is 11.8 Å². The minimum atomic E-state index is 0. The maximum atomic E-state index is 12.1. The second-order valence-corrected chi connectivity index (χ2v) is 7.18. The molecule has 22 heavy (non-hydrogen) atoms. The van der Waals surface area contributed by atoms with Crippen molar-refractivity contribution in [3.63, 3.8) is 0 Å². The number of benzene rings is 1. The van der Waals surface area contributed by atoms with Gasteiger partial charge in [0.2, 0.25) is 5.91 Å². The number of carbonyl (C=O) groups excluding carboxylic acids is 1. The summed E-state index contributed by atoms with van der Waals surface area (Å²) in [6, 6.07) is 7.02. The molecule has 1 aliphatic rings. The Morgan fingerprint density at radius 2 is 2.23 bits per heavy atom. The molecule has 1 heterocycles. The lowest BCUT2D eigenvalue weighted by Gasteiger charge is -2.23. The van der Waals surface area contributed by atoms with Gasteiger partial charge in [-0.25, -0.2) is 0 Å². The van der Waals surface area contributed by atoms with Crippen LogP contribution in [0.4, 0.5) is 0 Å². The molecule has 1 aliphatic heterocycles. The molecule has 2 N–H and O–H groups in total. The monoisotopic (exact) mass is 342 g/mol. The van der Waals surface area contributed by atoms with Crippen LogP contribution >= 0.6 is 24.2 Å². The Morgan fingerprint density at radius 3 is 2.86 bits per heavy atom. The van der Waals surface area contributed by atoms with Gasteiger partial charge in [0.05, 0.1) is 0 Å². The summed E-state index contributed by atoms with van der Waals surface area (Å²) in [6.45, 7) is 7.35. The van der Waals surface area contributed by atoms with Crippen molar-refractivity contribution in [3.05, 3.63) is 34.9 Å². The molecule has 124 valence electrons. The molecule has 1 fully saturated rings. The van der Waals surface area contributed by atoms with Gasteiger partial charge >= 0.3 is 0 Å². The van der Waals surface area contributed by atoms with Crippen molar-refractivity contribution in [2.75, 3.05) is 18.1 Å². The number of halogens is 1. The van der Waals surface area contributed by atoms with E-state index < -0.39 is 0 Å². The lowest BCUT2D eigenvalue weighted by molar-refractivity contribution is -0.122. The second kappa shape index (κ2) is 9.43. The lowest BCUT2D eigenvalue weighted by atomic mass is 10.00. The summed E-state index contributed by atoms with van der Waals surface area (Å²) in [4.78, 5) is 12.1.